The number of benzene rings is 2. The van der Waals surface area contributed by atoms with E-state index in [-0.39, 0.29) is 5.75 Å². The second-order valence-corrected chi connectivity index (χ2v) is 4.08. The lowest BCUT2D eigenvalue weighted by molar-refractivity contribution is -0.147. The smallest absolute Gasteiger partial charge is 0.165 e. The normalized spacial score (nSPS) is 11.0. The van der Waals surface area contributed by atoms with Gasteiger partial charge in [0.25, 0.3) is 0 Å². The van der Waals surface area contributed by atoms with E-state index in [0.29, 0.717) is 5.30 Å². The number of hydrogen-bond acceptors (Lipinski definition) is 2. The second-order valence-electron chi connectivity index (χ2n) is 3.23. The summed E-state index contributed by atoms with van der Waals surface area (Å²) in [6.07, 6.45) is 0. The fraction of sp³-hybridized carbons (Fsp3) is 0. The van der Waals surface area contributed by atoms with Gasteiger partial charge < -0.3 is 10.00 Å². The number of phenolic OH excluding ortho intramolecular Hbond substituents is 1. The summed E-state index contributed by atoms with van der Waals surface area (Å²) in [7, 11) is -1.10. The SMILES string of the molecule is [O-][PH2+]c1cccc(-c2ccccc2)c1O. The van der Waals surface area contributed by atoms with Crippen molar-refractivity contribution in [2.45, 2.75) is 0 Å². The predicted octanol–water partition coefficient (Wildman–Crippen LogP) is 1.37. The van der Waals surface area contributed by atoms with Gasteiger partial charge in [-0.25, -0.2) is 0 Å². The van der Waals surface area contributed by atoms with Gasteiger partial charge in [-0.2, -0.15) is 0 Å². The highest BCUT2D eigenvalue weighted by Crippen LogP contribution is 2.28. The number of para-hydroxylation sites is 1. The van der Waals surface area contributed by atoms with Crippen molar-refractivity contribution in [2.75, 3.05) is 0 Å². The first kappa shape index (κ1) is 10.2. The van der Waals surface area contributed by atoms with Crippen molar-refractivity contribution in [3.63, 3.8) is 0 Å². The zero-order chi connectivity index (χ0) is 10.7. The van der Waals surface area contributed by atoms with Crippen molar-refractivity contribution in [3.8, 4) is 16.9 Å². The topological polar surface area (TPSA) is 43.3 Å². The molecule has 76 valence electrons. The Labute approximate surface area is 90.1 Å². The molecule has 0 fully saturated rings. The van der Waals surface area contributed by atoms with Crippen LogP contribution in [0.3, 0.4) is 0 Å². The van der Waals surface area contributed by atoms with Gasteiger partial charge in [0, 0.05) is 5.56 Å². The first-order valence-electron chi connectivity index (χ1n) is 4.65. The van der Waals surface area contributed by atoms with Crippen LogP contribution in [0, 0.1) is 0 Å². The van der Waals surface area contributed by atoms with Crippen molar-refractivity contribution in [1.29, 1.82) is 0 Å². The van der Waals surface area contributed by atoms with E-state index < -0.39 is 8.81 Å². The predicted molar refractivity (Wildman–Crippen MR) is 62.9 cm³/mol. The quantitative estimate of drug-likeness (QED) is 0.773. The molecule has 2 aromatic rings. The van der Waals surface area contributed by atoms with Crippen LogP contribution in [0.2, 0.25) is 0 Å². The summed E-state index contributed by atoms with van der Waals surface area (Å²) < 4.78 is 0. The third-order valence-corrected chi connectivity index (χ3v) is 3.00. The largest absolute Gasteiger partial charge is 0.679 e. The molecule has 0 aliphatic heterocycles. The highest BCUT2D eigenvalue weighted by molar-refractivity contribution is 7.39. The van der Waals surface area contributed by atoms with Crippen molar-refractivity contribution in [3.05, 3.63) is 48.5 Å². The third kappa shape index (κ3) is 2.01. The number of aromatic hydroxyl groups is 1. The second kappa shape index (κ2) is 4.43. The molecular formula is C12H11O2P. The first-order chi connectivity index (χ1) is 7.33. The average molecular weight is 218 g/mol. The van der Waals surface area contributed by atoms with E-state index in [1.165, 1.54) is 0 Å². The summed E-state index contributed by atoms with van der Waals surface area (Å²) in [5, 5.41) is 10.4. The van der Waals surface area contributed by atoms with Crippen LogP contribution in [0.1, 0.15) is 0 Å². The van der Waals surface area contributed by atoms with E-state index in [2.05, 4.69) is 0 Å². The van der Waals surface area contributed by atoms with Crippen LogP contribution in [0.15, 0.2) is 48.5 Å². The minimum atomic E-state index is -1.10. The van der Waals surface area contributed by atoms with Crippen LogP contribution in [-0.2, 0) is 0 Å². The minimum Gasteiger partial charge on any atom is -0.679 e. The summed E-state index contributed by atoms with van der Waals surface area (Å²) >= 11 is 0. The summed E-state index contributed by atoms with van der Waals surface area (Å²) in [6, 6.07) is 14.9. The van der Waals surface area contributed by atoms with E-state index in [9.17, 15) is 10.00 Å². The van der Waals surface area contributed by atoms with Crippen LogP contribution in [0.5, 0.6) is 5.75 Å². The van der Waals surface area contributed by atoms with Gasteiger partial charge in [-0.3, -0.25) is 0 Å². The van der Waals surface area contributed by atoms with Crippen LogP contribution < -0.4 is 10.2 Å². The highest BCUT2D eigenvalue weighted by atomic mass is 31.1. The molecule has 0 aliphatic rings. The molecule has 2 rings (SSSR count). The third-order valence-electron chi connectivity index (χ3n) is 2.28. The molecule has 0 spiro atoms. The maximum absolute atomic E-state index is 10.9. The van der Waals surface area contributed by atoms with Crippen LogP contribution in [-0.4, -0.2) is 5.11 Å². The molecule has 0 radical (unpaired) electrons. The number of rotatable bonds is 2. The van der Waals surface area contributed by atoms with Crippen molar-refractivity contribution < 1.29 is 10.00 Å². The van der Waals surface area contributed by atoms with Gasteiger partial charge in [0.05, 0.1) is 0 Å². The van der Waals surface area contributed by atoms with Gasteiger partial charge in [-0.15, -0.1) is 0 Å². The lowest BCUT2D eigenvalue weighted by atomic mass is 10.1. The zero-order valence-corrected chi connectivity index (χ0v) is 9.21. The minimum absolute atomic E-state index is 0.133. The zero-order valence-electron chi connectivity index (χ0n) is 8.05. The van der Waals surface area contributed by atoms with E-state index in [1.54, 1.807) is 6.07 Å². The molecule has 1 atom stereocenters. The standard InChI is InChI=1S/C12H11O2P/c13-12-10(7-4-8-11(12)15-14)9-5-2-1-3-6-9/h1-8,13H,15H2. The van der Waals surface area contributed by atoms with E-state index in [0.717, 1.165) is 11.1 Å². The molecule has 0 bridgehead atoms. The van der Waals surface area contributed by atoms with Crippen molar-refractivity contribution in [1.82, 2.24) is 0 Å². The Kier molecular flexibility index (Phi) is 3.00. The molecule has 2 nitrogen and oxygen atoms in total. The fourth-order valence-electron chi connectivity index (χ4n) is 1.51. The molecule has 15 heavy (non-hydrogen) atoms. The first-order valence-corrected chi connectivity index (χ1v) is 5.70. The van der Waals surface area contributed by atoms with Crippen LogP contribution in [0.25, 0.3) is 11.1 Å². The molecule has 0 saturated heterocycles. The summed E-state index contributed by atoms with van der Waals surface area (Å²) in [6.45, 7) is 0. The van der Waals surface area contributed by atoms with E-state index in [1.807, 2.05) is 42.5 Å². The molecule has 0 saturated carbocycles. The van der Waals surface area contributed by atoms with Crippen LogP contribution >= 0.6 is 8.81 Å². The number of phenols is 1. The van der Waals surface area contributed by atoms with Crippen molar-refractivity contribution >= 4 is 14.1 Å². The molecule has 0 heterocycles. The molecular weight excluding hydrogens is 207 g/mol. The van der Waals surface area contributed by atoms with Gasteiger partial charge in [0.1, 0.15) is 5.30 Å². The van der Waals surface area contributed by atoms with Gasteiger partial charge in [0.15, 0.2) is 5.75 Å². The van der Waals surface area contributed by atoms with Crippen LogP contribution in [0.4, 0.5) is 0 Å². The molecule has 0 aromatic heterocycles. The maximum atomic E-state index is 10.9. The van der Waals surface area contributed by atoms with E-state index >= 15 is 0 Å². The molecule has 0 amide bonds. The monoisotopic (exact) mass is 218 g/mol. The van der Waals surface area contributed by atoms with Gasteiger partial charge in [-0.05, 0) is 20.4 Å². The molecule has 0 aliphatic carbocycles. The molecule has 1 unspecified atom stereocenters. The van der Waals surface area contributed by atoms with E-state index in [4.69, 9.17) is 0 Å². The summed E-state index contributed by atoms with van der Waals surface area (Å²) in [5.41, 5.74) is 1.67. The Morgan fingerprint density at radius 3 is 2.33 bits per heavy atom. The maximum Gasteiger partial charge on any atom is 0.165 e. The molecule has 2 aromatic carbocycles. The average Bonchev–Trinajstić information content (AvgIpc) is 2.30. The highest BCUT2D eigenvalue weighted by Gasteiger charge is 2.08. The summed E-state index contributed by atoms with van der Waals surface area (Å²) in [4.78, 5) is 10.9. The Morgan fingerprint density at radius 1 is 0.933 bits per heavy atom. The molecule has 1 N–H and O–H groups in total. The Hall–Kier alpha value is -1.37. The Morgan fingerprint density at radius 2 is 1.67 bits per heavy atom. The Balaban J connectivity index is 2.54. The van der Waals surface area contributed by atoms with Gasteiger partial charge >= 0.3 is 0 Å². The van der Waals surface area contributed by atoms with Crippen molar-refractivity contribution in [2.24, 2.45) is 0 Å². The lowest BCUT2D eigenvalue weighted by Gasteiger charge is -2.06. The number of hydrogen-bond donors (Lipinski definition) is 1. The fourth-order valence-corrected chi connectivity index (χ4v) is 1.96. The van der Waals surface area contributed by atoms with Gasteiger partial charge in [0.2, 0.25) is 0 Å². The van der Waals surface area contributed by atoms with Gasteiger partial charge in [-0.1, -0.05) is 42.5 Å². The Bertz CT molecular complexity index is 454. The lowest BCUT2D eigenvalue weighted by Crippen LogP contribution is -2.02. The molecule has 3 heteroatoms. The summed E-state index contributed by atoms with van der Waals surface area (Å²) in [5.74, 6) is 0.133.